The van der Waals surface area contributed by atoms with Gasteiger partial charge in [0.15, 0.2) is 11.5 Å². The van der Waals surface area contributed by atoms with Crippen LogP contribution in [0.15, 0.2) is 65.6 Å². The molecule has 1 amide bonds. The summed E-state index contributed by atoms with van der Waals surface area (Å²) in [6.07, 6.45) is 1.44. The monoisotopic (exact) mass is 546 g/mol. The van der Waals surface area contributed by atoms with Gasteiger partial charge < -0.3 is 25.0 Å². The van der Waals surface area contributed by atoms with Gasteiger partial charge in [0.2, 0.25) is 22.7 Å². The van der Waals surface area contributed by atoms with Gasteiger partial charge in [-0.25, -0.2) is 8.42 Å². The minimum Gasteiger partial charge on any atom is -0.480 e. The zero-order valence-corrected chi connectivity index (χ0v) is 21.2. The molecule has 3 aromatic carbocycles. The summed E-state index contributed by atoms with van der Waals surface area (Å²) in [5, 5.41) is 21.2. The zero-order chi connectivity index (χ0) is 27.1. The summed E-state index contributed by atoms with van der Waals surface area (Å²) in [5.41, 5.74) is 3.28. The van der Waals surface area contributed by atoms with Gasteiger partial charge in [-0.05, 0) is 78.4 Å². The summed E-state index contributed by atoms with van der Waals surface area (Å²) in [4.78, 5) is 24.3. The van der Waals surface area contributed by atoms with E-state index in [2.05, 4.69) is 5.32 Å². The van der Waals surface area contributed by atoms with E-state index in [1.54, 1.807) is 12.1 Å². The van der Waals surface area contributed by atoms with Crippen molar-refractivity contribution in [3.8, 4) is 22.6 Å². The molecule has 3 aromatic rings. The molecule has 0 saturated heterocycles. The molecule has 0 bridgehead atoms. The second-order valence-corrected chi connectivity index (χ2v) is 11.1. The number of aryl methyl sites for hydroxylation is 1. The van der Waals surface area contributed by atoms with Gasteiger partial charge >= 0.3 is 5.97 Å². The number of carboxylic acids is 1. The van der Waals surface area contributed by atoms with Crippen LogP contribution in [0.4, 0.5) is 5.69 Å². The minimum absolute atomic E-state index is 0. The molecule has 5 rings (SSSR count). The SMILES string of the molecule is Cc1ccc(NC(=O)C2(c3ccc4c(c3)OCO4)CC2)cc1-c1ccc(S(=O)(=O)N[C@H](CO)C(=O)O)cc1.[HH].[HH].[HH].[HH]. The molecule has 0 spiro atoms. The Morgan fingerprint density at radius 3 is 2.39 bits per heavy atom. The number of sulfonamides is 1. The number of carbonyl (C=O) groups excluding carboxylic acids is 1. The lowest BCUT2D eigenvalue weighted by molar-refractivity contribution is -0.139. The second-order valence-electron chi connectivity index (χ2n) is 9.35. The van der Waals surface area contributed by atoms with E-state index in [4.69, 9.17) is 19.7 Å². The first kappa shape index (κ1) is 25.7. The molecule has 1 aliphatic carbocycles. The van der Waals surface area contributed by atoms with Crippen LogP contribution in [0.3, 0.4) is 0 Å². The van der Waals surface area contributed by atoms with Crippen molar-refractivity contribution in [1.82, 2.24) is 4.72 Å². The number of aliphatic hydroxyl groups is 1. The van der Waals surface area contributed by atoms with Crippen LogP contribution < -0.4 is 19.5 Å². The number of amides is 1. The molecule has 10 nitrogen and oxygen atoms in total. The van der Waals surface area contributed by atoms with Crippen molar-refractivity contribution < 1.29 is 43.4 Å². The molecule has 0 unspecified atom stereocenters. The van der Waals surface area contributed by atoms with Crippen LogP contribution in [0.1, 0.15) is 29.7 Å². The van der Waals surface area contributed by atoms with Crippen LogP contribution in [0.2, 0.25) is 0 Å². The van der Waals surface area contributed by atoms with Gasteiger partial charge in [0.1, 0.15) is 6.04 Å². The lowest BCUT2D eigenvalue weighted by atomic mass is 9.94. The molecule has 1 fully saturated rings. The van der Waals surface area contributed by atoms with Crippen LogP contribution in [-0.2, 0) is 25.0 Å². The van der Waals surface area contributed by atoms with E-state index in [-0.39, 0.29) is 23.3 Å². The third-order valence-corrected chi connectivity index (χ3v) is 8.35. The largest absolute Gasteiger partial charge is 0.480 e. The summed E-state index contributed by atoms with van der Waals surface area (Å²) >= 11 is 0. The average Bonchev–Trinajstić information content (AvgIpc) is 3.59. The molecule has 4 N–H and O–H groups in total. The number of benzene rings is 3. The molecule has 1 atom stereocenters. The fourth-order valence-corrected chi connectivity index (χ4v) is 5.64. The lowest BCUT2D eigenvalue weighted by Crippen LogP contribution is -2.43. The standard InChI is InChI=1S/C27H26N2O8S.4H2/c1-16-2-6-19(28-26(33)27(10-11-27)18-5-9-23-24(12-18)37-15-36-23)13-21(16)17-3-7-20(8-4-17)38(34,35)29-22(14-30)25(31)32;;;;/h2-9,12-13,22,29-30H,10-11,14-15H2,1H3,(H,28,33)(H,31,32);4*1H/t22-;;;;/m1..../s1. The molecule has 2 aliphatic rings. The number of carboxylic acid groups (broad SMARTS) is 1. The quantitative estimate of drug-likeness (QED) is 0.317. The molecule has 1 aliphatic heterocycles. The fourth-order valence-electron chi connectivity index (χ4n) is 4.46. The molecule has 0 aromatic heterocycles. The molecule has 11 heteroatoms. The maximum atomic E-state index is 13.3. The van der Waals surface area contributed by atoms with Crippen molar-refractivity contribution in [2.24, 2.45) is 0 Å². The number of aliphatic carboxylic acids is 1. The first-order valence-corrected chi connectivity index (χ1v) is 13.4. The Kier molecular flexibility index (Phi) is 6.59. The Labute approximate surface area is 225 Å². The van der Waals surface area contributed by atoms with Gasteiger partial charge in [-0.1, -0.05) is 24.3 Å². The first-order chi connectivity index (χ1) is 18.1. The van der Waals surface area contributed by atoms with Crippen molar-refractivity contribution in [3.05, 3.63) is 71.8 Å². The van der Waals surface area contributed by atoms with Crippen LogP contribution >= 0.6 is 0 Å². The maximum absolute atomic E-state index is 13.3. The number of anilines is 1. The zero-order valence-electron chi connectivity index (χ0n) is 20.4. The van der Waals surface area contributed by atoms with E-state index >= 15 is 0 Å². The summed E-state index contributed by atoms with van der Waals surface area (Å²) in [6.45, 7) is 1.19. The van der Waals surface area contributed by atoms with E-state index in [1.807, 2.05) is 48.0 Å². The summed E-state index contributed by atoms with van der Waals surface area (Å²) in [5.74, 6) is -0.295. The molecular formula is C27H34N2O8S. The Bertz CT molecular complexity index is 1530. The Morgan fingerprint density at radius 2 is 1.74 bits per heavy atom. The average molecular weight is 547 g/mol. The number of nitrogens with one attached hydrogen (secondary N) is 2. The molecule has 38 heavy (non-hydrogen) atoms. The van der Waals surface area contributed by atoms with E-state index in [1.165, 1.54) is 12.1 Å². The molecule has 1 saturated carbocycles. The van der Waals surface area contributed by atoms with E-state index in [0.717, 1.165) is 29.5 Å². The van der Waals surface area contributed by atoms with E-state index in [9.17, 15) is 18.0 Å². The second kappa shape index (κ2) is 9.75. The van der Waals surface area contributed by atoms with Crippen LogP contribution in [0, 0.1) is 6.92 Å². The van der Waals surface area contributed by atoms with Crippen molar-refractivity contribution in [2.75, 3.05) is 18.7 Å². The highest BCUT2D eigenvalue weighted by atomic mass is 32.2. The Morgan fingerprint density at radius 1 is 1.03 bits per heavy atom. The number of fused-ring (bicyclic) bond motifs is 1. The topological polar surface area (TPSA) is 151 Å². The van der Waals surface area contributed by atoms with E-state index < -0.39 is 34.1 Å². The van der Waals surface area contributed by atoms with Gasteiger partial charge in [-0.3, -0.25) is 9.59 Å². The Hall–Kier alpha value is -3.93. The van der Waals surface area contributed by atoms with Crippen LogP contribution in [-0.4, -0.2) is 49.9 Å². The normalized spacial score (nSPS) is 16.1. The van der Waals surface area contributed by atoms with Crippen molar-refractivity contribution >= 4 is 27.6 Å². The summed E-state index contributed by atoms with van der Waals surface area (Å²) < 4.78 is 37.9. The van der Waals surface area contributed by atoms with E-state index in [0.29, 0.717) is 22.7 Å². The highest BCUT2D eigenvalue weighted by molar-refractivity contribution is 7.89. The predicted octanol–water partition coefficient (Wildman–Crippen LogP) is 3.77. The number of hydrogen-bond donors (Lipinski definition) is 4. The van der Waals surface area contributed by atoms with Gasteiger partial charge in [-0.2, -0.15) is 4.72 Å². The number of hydrogen-bond acceptors (Lipinski definition) is 7. The number of carbonyl (C=O) groups is 2. The van der Waals surface area contributed by atoms with Crippen LogP contribution in [0.5, 0.6) is 11.5 Å². The number of rotatable bonds is 9. The van der Waals surface area contributed by atoms with Gasteiger partial charge in [0.05, 0.1) is 16.9 Å². The van der Waals surface area contributed by atoms with Gasteiger partial charge in [-0.15, -0.1) is 0 Å². The van der Waals surface area contributed by atoms with Gasteiger partial charge in [0, 0.05) is 11.4 Å². The third kappa shape index (κ3) is 4.83. The van der Waals surface area contributed by atoms with Gasteiger partial charge in [0.25, 0.3) is 0 Å². The molecule has 206 valence electrons. The lowest BCUT2D eigenvalue weighted by Gasteiger charge is -2.17. The molecular weight excluding hydrogens is 512 g/mol. The van der Waals surface area contributed by atoms with Crippen molar-refractivity contribution in [1.29, 1.82) is 0 Å². The van der Waals surface area contributed by atoms with Crippen LogP contribution in [0.25, 0.3) is 11.1 Å². The Balaban J connectivity index is 0.00000220. The minimum atomic E-state index is -4.15. The van der Waals surface area contributed by atoms with Crippen molar-refractivity contribution in [3.63, 3.8) is 0 Å². The first-order valence-electron chi connectivity index (χ1n) is 11.9. The predicted molar refractivity (Wildman–Crippen MR) is 146 cm³/mol. The molecule has 0 radical (unpaired) electrons. The molecule has 1 heterocycles. The summed E-state index contributed by atoms with van der Waals surface area (Å²) in [6, 6.07) is 15.4. The smallest absolute Gasteiger partial charge is 0.324 e. The number of ether oxygens (including phenoxy) is 2. The highest BCUT2D eigenvalue weighted by Crippen LogP contribution is 2.51. The highest BCUT2D eigenvalue weighted by Gasteiger charge is 2.51. The summed E-state index contributed by atoms with van der Waals surface area (Å²) in [7, 11) is -4.15. The number of aliphatic hydroxyl groups excluding tert-OH is 1. The maximum Gasteiger partial charge on any atom is 0.324 e. The van der Waals surface area contributed by atoms with Crippen molar-refractivity contribution in [2.45, 2.75) is 36.1 Å². The third-order valence-electron chi connectivity index (χ3n) is 6.86. The fraction of sp³-hybridized carbons (Fsp3) is 0.259.